The van der Waals surface area contributed by atoms with E-state index in [2.05, 4.69) is 32.6 Å². The molecule has 0 amide bonds. The smallest absolute Gasteiger partial charge is 0.195 e. The minimum absolute atomic E-state index is 0.665. The van der Waals surface area contributed by atoms with Crippen molar-refractivity contribution in [3.63, 3.8) is 0 Å². The van der Waals surface area contributed by atoms with Crippen LogP contribution in [-0.2, 0) is 19.5 Å². The zero-order chi connectivity index (χ0) is 17.5. The first-order valence-corrected chi connectivity index (χ1v) is 8.81. The Kier molecular flexibility index (Phi) is 3.57. The molecule has 0 fully saturated rings. The lowest BCUT2D eigenvalue weighted by atomic mass is 10.1. The topological polar surface area (TPSA) is 59.5 Å². The predicted octanol–water partition coefficient (Wildman–Crippen LogP) is 3.25. The van der Waals surface area contributed by atoms with Gasteiger partial charge in [-0.2, -0.15) is 0 Å². The van der Waals surface area contributed by atoms with Gasteiger partial charge in [-0.15, -0.1) is 0 Å². The first-order chi connectivity index (χ1) is 12.8. The maximum atomic E-state index is 5.41. The quantitative estimate of drug-likeness (QED) is 0.570. The third kappa shape index (κ3) is 2.59. The monoisotopic (exact) mass is 345 g/mol. The van der Waals surface area contributed by atoms with Crippen molar-refractivity contribution in [2.24, 2.45) is 0 Å². The summed E-state index contributed by atoms with van der Waals surface area (Å²) in [6.07, 6.45) is 6.56. The van der Waals surface area contributed by atoms with Crippen LogP contribution in [0, 0.1) is 6.92 Å². The summed E-state index contributed by atoms with van der Waals surface area (Å²) in [5, 5.41) is 0. The van der Waals surface area contributed by atoms with Crippen LogP contribution < -0.4 is 0 Å². The standard InChI is InChI=1S/C20H19N5O/c1-14-22-17(18-5-2-3-8-25(14)18)13-24-9-7-16-15(12-24)11-21-20(23-16)19-6-4-10-26-19/h2-6,8,10-11H,7,9,12-13H2,1H3. The van der Waals surface area contributed by atoms with Crippen molar-refractivity contribution in [3.05, 3.63) is 71.8 Å². The second-order valence-corrected chi connectivity index (χ2v) is 6.67. The highest BCUT2D eigenvalue weighted by Crippen LogP contribution is 2.23. The molecule has 1 aliphatic rings. The summed E-state index contributed by atoms with van der Waals surface area (Å²) in [7, 11) is 0. The van der Waals surface area contributed by atoms with Crippen molar-refractivity contribution in [2.45, 2.75) is 26.4 Å². The van der Waals surface area contributed by atoms with Crippen LogP contribution in [0.2, 0.25) is 0 Å². The molecule has 1 aliphatic heterocycles. The van der Waals surface area contributed by atoms with Gasteiger partial charge in [-0.05, 0) is 31.2 Å². The number of hydrogen-bond donors (Lipinski definition) is 0. The lowest BCUT2D eigenvalue weighted by Gasteiger charge is -2.27. The molecule has 5 heterocycles. The molecule has 0 saturated heterocycles. The van der Waals surface area contributed by atoms with Crippen LogP contribution >= 0.6 is 0 Å². The fraction of sp³-hybridized carbons (Fsp3) is 0.250. The summed E-state index contributed by atoms with van der Waals surface area (Å²) in [6.45, 7) is 4.69. The highest BCUT2D eigenvalue weighted by atomic mass is 16.3. The zero-order valence-electron chi connectivity index (χ0n) is 14.6. The fourth-order valence-electron chi connectivity index (χ4n) is 3.63. The van der Waals surface area contributed by atoms with E-state index in [1.54, 1.807) is 6.26 Å². The summed E-state index contributed by atoms with van der Waals surface area (Å²) in [4.78, 5) is 16.4. The maximum Gasteiger partial charge on any atom is 0.195 e. The molecule has 6 nitrogen and oxygen atoms in total. The Morgan fingerprint density at radius 1 is 1.15 bits per heavy atom. The van der Waals surface area contributed by atoms with Crippen molar-refractivity contribution in [2.75, 3.05) is 6.54 Å². The Labute approximate surface area is 151 Å². The molecule has 4 aromatic rings. The molecule has 4 aromatic heterocycles. The van der Waals surface area contributed by atoms with Gasteiger partial charge < -0.3 is 8.82 Å². The van der Waals surface area contributed by atoms with Crippen LogP contribution in [0.3, 0.4) is 0 Å². The largest absolute Gasteiger partial charge is 0.461 e. The summed E-state index contributed by atoms with van der Waals surface area (Å²) >= 11 is 0. The Bertz CT molecular complexity index is 1070. The lowest BCUT2D eigenvalue weighted by molar-refractivity contribution is 0.241. The highest BCUT2D eigenvalue weighted by Gasteiger charge is 2.21. The average molecular weight is 345 g/mol. The molecule has 0 spiro atoms. The van der Waals surface area contributed by atoms with Crippen LogP contribution in [0.15, 0.2) is 53.4 Å². The minimum Gasteiger partial charge on any atom is -0.461 e. The summed E-state index contributed by atoms with van der Waals surface area (Å²) in [5.41, 5.74) is 4.61. The minimum atomic E-state index is 0.665. The van der Waals surface area contributed by atoms with E-state index in [0.717, 1.165) is 49.0 Å². The van der Waals surface area contributed by atoms with E-state index in [1.165, 1.54) is 11.1 Å². The number of imidazole rings is 1. The molecule has 26 heavy (non-hydrogen) atoms. The van der Waals surface area contributed by atoms with Gasteiger partial charge in [-0.1, -0.05) is 6.07 Å². The van der Waals surface area contributed by atoms with E-state index in [4.69, 9.17) is 14.4 Å². The number of rotatable bonds is 3. The van der Waals surface area contributed by atoms with Crippen LogP contribution in [0.5, 0.6) is 0 Å². The van der Waals surface area contributed by atoms with Crippen molar-refractivity contribution < 1.29 is 4.42 Å². The molecule has 0 atom stereocenters. The number of nitrogens with zero attached hydrogens (tertiary/aromatic N) is 5. The van der Waals surface area contributed by atoms with Gasteiger partial charge in [-0.3, -0.25) is 4.90 Å². The molecule has 5 rings (SSSR count). The van der Waals surface area contributed by atoms with Gasteiger partial charge in [0.25, 0.3) is 0 Å². The zero-order valence-corrected chi connectivity index (χ0v) is 14.6. The first kappa shape index (κ1) is 15.3. The molecule has 0 radical (unpaired) electrons. The Balaban J connectivity index is 1.39. The normalized spacial score (nSPS) is 14.7. The van der Waals surface area contributed by atoms with Gasteiger partial charge in [0, 0.05) is 44.0 Å². The molecular formula is C20H19N5O. The summed E-state index contributed by atoms with van der Waals surface area (Å²) in [6, 6.07) is 9.98. The van der Waals surface area contributed by atoms with Gasteiger partial charge in [0.15, 0.2) is 11.6 Å². The number of fused-ring (bicyclic) bond motifs is 2. The van der Waals surface area contributed by atoms with Crippen molar-refractivity contribution >= 4 is 5.52 Å². The molecule has 0 bridgehead atoms. The summed E-state index contributed by atoms with van der Waals surface area (Å²) in [5.74, 6) is 2.41. The van der Waals surface area contributed by atoms with Crippen LogP contribution in [0.1, 0.15) is 22.8 Å². The van der Waals surface area contributed by atoms with E-state index < -0.39 is 0 Å². The predicted molar refractivity (Wildman–Crippen MR) is 97.5 cm³/mol. The number of pyridine rings is 1. The lowest BCUT2D eigenvalue weighted by Crippen LogP contribution is -2.31. The third-order valence-corrected chi connectivity index (χ3v) is 4.93. The van der Waals surface area contributed by atoms with Crippen molar-refractivity contribution in [1.82, 2.24) is 24.3 Å². The molecule has 6 heteroatoms. The number of hydrogen-bond acceptors (Lipinski definition) is 5. The van der Waals surface area contributed by atoms with Crippen LogP contribution in [-0.4, -0.2) is 30.8 Å². The van der Waals surface area contributed by atoms with E-state index in [-0.39, 0.29) is 0 Å². The van der Waals surface area contributed by atoms with Gasteiger partial charge in [0.2, 0.25) is 0 Å². The molecule has 0 N–H and O–H groups in total. The fourth-order valence-corrected chi connectivity index (χ4v) is 3.63. The maximum absolute atomic E-state index is 5.41. The SMILES string of the molecule is Cc1nc(CN2CCc3nc(-c4ccco4)ncc3C2)c2ccccn12. The molecule has 130 valence electrons. The molecular weight excluding hydrogens is 326 g/mol. The Morgan fingerprint density at radius 2 is 2.12 bits per heavy atom. The van der Waals surface area contributed by atoms with Crippen LogP contribution in [0.4, 0.5) is 0 Å². The van der Waals surface area contributed by atoms with Crippen molar-refractivity contribution in [3.8, 4) is 11.6 Å². The highest BCUT2D eigenvalue weighted by molar-refractivity contribution is 5.53. The number of aromatic nitrogens is 4. The molecule has 0 unspecified atom stereocenters. The second kappa shape index (κ2) is 6.07. The van der Waals surface area contributed by atoms with Gasteiger partial charge in [0.05, 0.1) is 23.2 Å². The third-order valence-electron chi connectivity index (χ3n) is 4.93. The van der Waals surface area contributed by atoms with E-state index >= 15 is 0 Å². The van der Waals surface area contributed by atoms with E-state index in [0.29, 0.717) is 5.82 Å². The van der Waals surface area contributed by atoms with Gasteiger partial charge in [-0.25, -0.2) is 15.0 Å². The average Bonchev–Trinajstić information content (AvgIpc) is 3.31. The molecule has 0 aromatic carbocycles. The van der Waals surface area contributed by atoms with E-state index in [9.17, 15) is 0 Å². The van der Waals surface area contributed by atoms with Gasteiger partial charge in [0.1, 0.15) is 5.82 Å². The van der Waals surface area contributed by atoms with Crippen LogP contribution in [0.25, 0.3) is 17.1 Å². The molecule has 0 saturated carbocycles. The number of furan rings is 1. The first-order valence-electron chi connectivity index (χ1n) is 8.81. The Hall–Kier alpha value is -2.99. The second-order valence-electron chi connectivity index (χ2n) is 6.67. The van der Waals surface area contributed by atoms with Crippen molar-refractivity contribution in [1.29, 1.82) is 0 Å². The molecule has 0 aliphatic carbocycles. The van der Waals surface area contributed by atoms with Gasteiger partial charge >= 0.3 is 0 Å². The van der Waals surface area contributed by atoms with E-state index in [1.807, 2.05) is 31.3 Å². The Morgan fingerprint density at radius 3 is 3.00 bits per heavy atom. The number of aryl methyl sites for hydroxylation is 1. The summed E-state index contributed by atoms with van der Waals surface area (Å²) < 4.78 is 7.55.